The molecule has 2 heterocycles. The maximum atomic E-state index is 12.4. The Hall–Kier alpha value is -2.78. The highest BCUT2D eigenvalue weighted by Gasteiger charge is 2.01. The first-order chi connectivity index (χ1) is 9.25. The van der Waals surface area contributed by atoms with Crippen molar-refractivity contribution in [1.82, 2.24) is 19.1 Å². The fourth-order valence-electron chi connectivity index (χ4n) is 1.06. The predicted molar refractivity (Wildman–Crippen MR) is 66.1 cm³/mol. The Morgan fingerprint density at radius 1 is 1.15 bits per heavy atom. The zero-order valence-corrected chi connectivity index (χ0v) is 10.6. The van der Waals surface area contributed by atoms with Gasteiger partial charge >= 0.3 is 11.4 Å². The molecule has 0 fully saturated rings. The van der Waals surface area contributed by atoms with Crippen molar-refractivity contribution in [2.75, 3.05) is 5.73 Å². The van der Waals surface area contributed by atoms with Crippen molar-refractivity contribution in [1.29, 1.82) is 0 Å². The van der Waals surface area contributed by atoms with Crippen molar-refractivity contribution in [3.8, 4) is 0 Å². The number of rotatable bonds is 0. The Bertz CT molecular complexity index is 793. The van der Waals surface area contributed by atoms with E-state index in [2.05, 4.69) is 4.98 Å². The Morgan fingerprint density at radius 3 is 2.25 bits per heavy atom. The fraction of sp³-hybridized carbons (Fsp3) is 0.200. The summed E-state index contributed by atoms with van der Waals surface area (Å²) in [6.45, 7) is 0. The van der Waals surface area contributed by atoms with E-state index in [1.54, 1.807) is 0 Å². The second kappa shape index (κ2) is 5.91. The number of halogens is 2. The number of anilines is 1. The van der Waals surface area contributed by atoms with Crippen molar-refractivity contribution in [3.05, 3.63) is 55.4 Å². The van der Waals surface area contributed by atoms with Crippen LogP contribution in [0.25, 0.3) is 0 Å². The standard InChI is InChI=1S/C5H6FN3O.C5H5FN2O2/c1-9-4(7)3(6)2-8-5(9)10;1-8-4(9)3(6)2-7-5(8)10/h2H,7H2,1H3;2H,1H3,(H,7,10). The van der Waals surface area contributed by atoms with Gasteiger partial charge in [-0.3, -0.25) is 13.9 Å². The van der Waals surface area contributed by atoms with Gasteiger partial charge in [-0.15, -0.1) is 0 Å². The number of nitrogen functional groups attached to an aromatic ring is 1. The quantitative estimate of drug-likeness (QED) is 0.625. The van der Waals surface area contributed by atoms with Crippen molar-refractivity contribution in [3.63, 3.8) is 0 Å². The Labute approximate surface area is 110 Å². The minimum Gasteiger partial charge on any atom is -0.382 e. The van der Waals surface area contributed by atoms with Gasteiger partial charge in [-0.2, -0.15) is 9.37 Å². The first-order valence-electron chi connectivity index (χ1n) is 5.17. The summed E-state index contributed by atoms with van der Waals surface area (Å²) < 4.78 is 26.3. The third kappa shape index (κ3) is 3.16. The minimum absolute atomic E-state index is 0.194. The highest BCUT2D eigenvalue weighted by atomic mass is 19.1. The van der Waals surface area contributed by atoms with Crippen molar-refractivity contribution in [2.24, 2.45) is 14.1 Å². The van der Waals surface area contributed by atoms with Gasteiger partial charge in [0.1, 0.15) is 5.82 Å². The summed E-state index contributed by atoms with van der Waals surface area (Å²) in [6, 6.07) is 0. The van der Waals surface area contributed by atoms with Crippen LogP contribution in [0, 0.1) is 11.6 Å². The molecule has 10 heteroatoms. The molecule has 0 saturated carbocycles. The number of hydrogen-bond acceptors (Lipinski definition) is 5. The Balaban J connectivity index is 0.000000200. The van der Waals surface area contributed by atoms with E-state index in [0.717, 1.165) is 17.0 Å². The molecule has 0 aliphatic carbocycles. The third-order valence-electron chi connectivity index (χ3n) is 2.32. The molecular formula is C10H11F2N5O3. The summed E-state index contributed by atoms with van der Waals surface area (Å²) in [4.78, 5) is 36.9. The average molecular weight is 287 g/mol. The number of nitrogens with one attached hydrogen (secondary N) is 1. The number of nitrogens with two attached hydrogens (primary N) is 1. The number of hydrogen-bond donors (Lipinski definition) is 2. The molecule has 0 amide bonds. The van der Waals surface area contributed by atoms with Gasteiger partial charge in [0.2, 0.25) is 5.82 Å². The molecule has 0 radical (unpaired) electrons. The van der Waals surface area contributed by atoms with Crippen LogP contribution in [0.4, 0.5) is 14.6 Å². The van der Waals surface area contributed by atoms with Crippen molar-refractivity contribution in [2.45, 2.75) is 0 Å². The lowest BCUT2D eigenvalue weighted by Gasteiger charge is -1.99. The summed E-state index contributed by atoms with van der Waals surface area (Å²) in [6.07, 6.45) is 1.54. The molecular weight excluding hydrogens is 276 g/mol. The molecule has 0 aliphatic rings. The molecule has 0 saturated heterocycles. The summed E-state index contributed by atoms with van der Waals surface area (Å²) >= 11 is 0. The smallest absolute Gasteiger partial charge is 0.348 e. The Morgan fingerprint density at radius 2 is 1.75 bits per heavy atom. The SMILES string of the molecule is Cn1c(=O)[nH]cc(F)c1=O.Cn1c(N)c(F)cnc1=O. The molecule has 3 N–H and O–H groups in total. The van der Waals surface area contributed by atoms with Gasteiger partial charge in [-0.05, 0) is 0 Å². The molecule has 0 aliphatic heterocycles. The Kier molecular flexibility index (Phi) is 4.51. The monoisotopic (exact) mass is 287 g/mol. The van der Waals surface area contributed by atoms with E-state index in [1.165, 1.54) is 14.1 Å². The van der Waals surface area contributed by atoms with Crippen LogP contribution in [-0.4, -0.2) is 19.1 Å². The number of H-pyrrole nitrogens is 1. The lowest BCUT2D eigenvalue weighted by atomic mass is 10.5. The van der Waals surface area contributed by atoms with Gasteiger partial charge < -0.3 is 10.7 Å². The molecule has 0 aromatic carbocycles. The van der Waals surface area contributed by atoms with Crippen LogP contribution in [0.5, 0.6) is 0 Å². The summed E-state index contributed by atoms with van der Waals surface area (Å²) in [5, 5.41) is 0. The predicted octanol–water partition coefficient (Wildman–Crippen LogP) is -1.29. The molecule has 0 bridgehead atoms. The topological polar surface area (TPSA) is 116 Å². The molecule has 108 valence electrons. The summed E-state index contributed by atoms with van der Waals surface area (Å²) in [7, 11) is 2.55. The van der Waals surface area contributed by atoms with E-state index in [9.17, 15) is 23.2 Å². The van der Waals surface area contributed by atoms with E-state index in [-0.39, 0.29) is 5.82 Å². The van der Waals surface area contributed by atoms with Crippen LogP contribution in [0.3, 0.4) is 0 Å². The van der Waals surface area contributed by atoms with Crippen molar-refractivity contribution >= 4 is 5.82 Å². The van der Waals surface area contributed by atoms with E-state index < -0.39 is 28.6 Å². The van der Waals surface area contributed by atoms with E-state index in [4.69, 9.17) is 5.73 Å². The van der Waals surface area contributed by atoms with E-state index >= 15 is 0 Å². The molecule has 0 unspecified atom stereocenters. The van der Waals surface area contributed by atoms with Gasteiger partial charge in [0, 0.05) is 20.3 Å². The number of aromatic nitrogens is 4. The molecule has 2 aromatic rings. The minimum atomic E-state index is -0.956. The highest BCUT2D eigenvalue weighted by Crippen LogP contribution is 2.00. The molecule has 0 atom stereocenters. The molecule has 0 spiro atoms. The molecule has 2 rings (SSSR count). The number of aromatic amines is 1. The first kappa shape index (κ1) is 15.3. The van der Waals surface area contributed by atoms with Crippen molar-refractivity contribution < 1.29 is 8.78 Å². The summed E-state index contributed by atoms with van der Waals surface area (Å²) in [5.74, 6) is -1.83. The molecule has 2 aromatic heterocycles. The van der Waals surface area contributed by atoms with Gasteiger partial charge in [0.05, 0.1) is 6.20 Å². The molecule has 8 nitrogen and oxygen atoms in total. The van der Waals surface area contributed by atoms with Crippen LogP contribution < -0.4 is 22.7 Å². The van der Waals surface area contributed by atoms with E-state index in [1.807, 2.05) is 4.98 Å². The van der Waals surface area contributed by atoms with E-state index in [0.29, 0.717) is 4.57 Å². The van der Waals surface area contributed by atoms with Gasteiger partial charge in [0.25, 0.3) is 5.56 Å². The van der Waals surface area contributed by atoms with Crippen LogP contribution in [0.1, 0.15) is 0 Å². The lowest BCUT2D eigenvalue weighted by molar-refractivity contribution is 0.570. The second-order valence-corrected chi connectivity index (χ2v) is 3.64. The summed E-state index contributed by atoms with van der Waals surface area (Å²) in [5.41, 5.74) is 3.04. The third-order valence-corrected chi connectivity index (χ3v) is 2.32. The molecule has 20 heavy (non-hydrogen) atoms. The zero-order chi connectivity index (χ0) is 15.4. The van der Waals surface area contributed by atoms with Crippen LogP contribution in [-0.2, 0) is 14.1 Å². The van der Waals surface area contributed by atoms with Gasteiger partial charge in [0.15, 0.2) is 5.82 Å². The van der Waals surface area contributed by atoms with Gasteiger partial charge in [-0.25, -0.2) is 14.0 Å². The maximum absolute atomic E-state index is 12.4. The first-order valence-corrected chi connectivity index (χ1v) is 5.17. The lowest BCUT2D eigenvalue weighted by Crippen LogP contribution is -2.33. The zero-order valence-electron chi connectivity index (χ0n) is 10.6. The highest BCUT2D eigenvalue weighted by molar-refractivity contribution is 5.27. The largest absolute Gasteiger partial charge is 0.382 e. The van der Waals surface area contributed by atoms with Crippen LogP contribution in [0.15, 0.2) is 26.8 Å². The average Bonchev–Trinajstić information content (AvgIpc) is 2.43. The maximum Gasteiger partial charge on any atom is 0.348 e. The van der Waals surface area contributed by atoms with Crippen LogP contribution in [0.2, 0.25) is 0 Å². The van der Waals surface area contributed by atoms with Gasteiger partial charge in [-0.1, -0.05) is 0 Å². The van der Waals surface area contributed by atoms with Crippen LogP contribution >= 0.6 is 0 Å². The normalized spacial score (nSPS) is 9.80. The second-order valence-electron chi connectivity index (χ2n) is 3.64. The fourth-order valence-corrected chi connectivity index (χ4v) is 1.06. The number of nitrogens with zero attached hydrogens (tertiary/aromatic N) is 3.